The van der Waals surface area contributed by atoms with E-state index in [4.69, 9.17) is 9.47 Å². The number of carbonyl (C=O) groups excluding carboxylic acids is 2. The third-order valence-corrected chi connectivity index (χ3v) is 3.58. The molecule has 2 aromatic carbocycles. The number of rotatable bonds is 6. The van der Waals surface area contributed by atoms with Gasteiger partial charge in [0.2, 0.25) is 0 Å². The summed E-state index contributed by atoms with van der Waals surface area (Å²) in [5, 5.41) is 0. The summed E-state index contributed by atoms with van der Waals surface area (Å²) in [5.41, 5.74) is 3.41. The number of hydrogen-bond acceptors (Lipinski definition) is 4. The summed E-state index contributed by atoms with van der Waals surface area (Å²) >= 11 is 0. The highest BCUT2D eigenvalue weighted by Gasteiger charge is 2.08. The molecule has 0 atom stereocenters. The van der Waals surface area contributed by atoms with Crippen LogP contribution in [0.1, 0.15) is 65.5 Å². The van der Waals surface area contributed by atoms with Crippen LogP contribution < -0.4 is 0 Å². The topological polar surface area (TPSA) is 52.6 Å². The zero-order valence-electron chi connectivity index (χ0n) is 17.0. The van der Waals surface area contributed by atoms with E-state index in [1.165, 1.54) is 0 Å². The first-order valence-electron chi connectivity index (χ1n) is 9.35. The molecular formula is C23H30O4. The summed E-state index contributed by atoms with van der Waals surface area (Å²) in [6.45, 7) is 10.2. The maximum Gasteiger partial charge on any atom is 0.338 e. The normalized spacial score (nSPS) is 10.0. The third-order valence-electron chi connectivity index (χ3n) is 3.58. The van der Waals surface area contributed by atoms with Crippen LogP contribution in [0, 0.1) is 13.8 Å². The predicted octanol–water partition coefficient (Wildman–Crippen LogP) is 5.51. The van der Waals surface area contributed by atoms with Gasteiger partial charge >= 0.3 is 11.9 Å². The van der Waals surface area contributed by atoms with Crippen LogP contribution in [-0.2, 0) is 9.47 Å². The first-order valence-corrected chi connectivity index (χ1v) is 9.35. The van der Waals surface area contributed by atoms with Gasteiger partial charge in [0.1, 0.15) is 0 Å². The van der Waals surface area contributed by atoms with E-state index in [2.05, 4.69) is 6.92 Å². The summed E-state index contributed by atoms with van der Waals surface area (Å²) < 4.78 is 10.1. The molecule has 0 saturated heterocycles. The van der Waals surface area contributed by atoms with Crippen molar-refractivity contribution in [2.75, 3.05) is 6.61 Å². The minimum atomic E-state index is -0.251. The minimum absolute atomic E-state index is 0.0620. The van der Waals surface area contributed by atoms with Gasteiger partial charge in [-0.25, -0.2) is 9.59 Å². The average molecular weight is 370 g/mol. The van der Waals surface area contributed by atoms with Crippen LogP contribution in [0.5, 0.6) is 0 Å². The van der Waals surface area contributed by atoms with Crippen molar-refractivity contribution in [2.45, 2.75) is 53.6 Å². The number of benzene rings is 2. The van der Waals surface area contributed by atoms with Crippen molar-refractivity contribution in [3.8, 4) is 0 Å². The molecule has 0 aliphatic carbocycles. The van der Waals surface area contributed by atoms with Crippen molar-refractivity contribution in [2.24, 2.45) is 0 Å². The summed E-state index contributed by atoms with van der Waals surface area (Å²) in [6, 6.07) is 14.8. The van der Waals surface area contributed by atoms with E-state index in [0.29, 0.717) is 17.7 Å². The maximum absolute atomic E-state index is 11.4. The molecule has 146 valence electrons. The lowest BCUT2D eigenvalue weighted by Gasteiger charge is -2.07. The molecule has 0 heterocycles. The molecule has 0 spiro atoms. The van der Waals surface area contributed by atoms with Crippen LogP contribution in [-0.4, -0.2) is 24.6 Å². The summed E-state index contributed by atoms with van der Waals surface area (Å²) in [5.74, 6) is -0.471. The zero-order chi connectivity index (χ0) is 20.2. The monoisotopic (exact) mass is 370 g/mol. The van der Waals surface area contributed by atoms with Gasteiger partial charge < -0.3 is 9.47 Å². The van der Waals surface area contributed by atoms with E-state index < -0.39 is 0 Å². The Bertz CT molecular complexity index is 735. The van der Waals surface area contributed by atoms with Gasteiger partial charge in [0.05, 0.1) is 23.8 Å². The Morgan fingerprint density at radius 2 is 1.41 bits per heavy atom. The highest BCUT2D eigenvalue weighted by atomic mass is 16.5. The van der Waals surface area contributed by atoms with Crippen LogP contribution in [0.2, 0.25) is 0 Å². The van der Waals surface area contributed by atoms with Gasteiger partial charge in [-0.2, -0.15) is 0 Å². The second-order valence-corrected chi connectivity index (χ2v) is 6.68. The van der Waals surface area contributed by atoms with Gasteiger partial charge in [-0.05, 0) is 58.4 Å². The Morgan fingerprint density at radius 3 is 1.85 bits per heavy atom. The SMILES string of the molecule is CCCCOC(=O)c1cccc(C)c1.Cc1cccc(C(=O)OC(C)C)c1. The van der Waals surface area contributed by atoms with Crippen LogP contribution in [0.3, 0.4) is 0 Å². The lowest BCUT2D eigenvalue weighted by Crippen LogP contribution is -2.11. The summed E-state index contributed by atoms with van der Waals surface area (Å²) in [6.07, 6.45) is 1.91. The Balaban J connectivity index is 0.000000271. The maximum atomic E-state index is 11.4. The molecule has 0 aromatic heterocycles. The number of aryl methyl sites for hydroxylation is 2. The number of unbranched alkanes of at least 4 members (excludes halogenated alkanes) is 1. The van der Waals surface area contributed by atoms with Crippen LogP contribution >= 0.6 is 0 Å². The molecule has 4 heteroatoms. The van der Waals surface area contributed by atoms with E-state index in [0.717, 1.165) is 24.0 Å². The van der Waals surface area contributed by atoms with Crippen LogP contribution in [0.15, 0.2) is 48.5 Å². The van der Waals surface area contributed by atoms with Crippen molar-refractivity contribution in [3.05, 3.63) is 70.8 Å². The molecule has 0 unspecified atom stereocenters. The van der Waals surface area contributed by atoms with E-state index in [9.17, 15) is 9.59 Å². The van der Waals surface area contributed by atoms with E-state index >= 15 is 0 Å². The summed E-state index contributed by atoms with van der Waals surface area (Å²) in [7, 11) is 0. The second-order valence-electron chi connectivity index (χ2n) is 6.68. The standard InChI is InChI=1S/C12H16O2.C11H14O2/c1-3-4-8-14-12(13)11-7-5-6-10(2)9-11;1-8(2)13-11(12)10-6-4-5-9(3)7-10/h5-7,9H,3-4,8H2,1-2H3;4-8H,1-3H3. The second kappa shape index (κ2) is 11.9. The van der Waals surface area contributed by atoms with Crippen molar-refractivity contribution in [1.82, 2.24) is 0 Å². The Morgan fingerprint density at radius 1 is 0.889 bits per heavy atom. The smallest absolute Gasteiger partial charge is 0.338 e. The number of hydrogen-bond donors (Lipinski definition) is 0. The van der Waals surface area contributed by atoms with Crippen molar-refractivity contribution >= 4 is 11.9 Å². The Hall–Kier alpha value is -2.62. The number of carbonyl (C=O) groups is 2. The van der Waals surface area contributed by atoms with Gasteiger partial charge in [0.15, 0.2) is 0 Å². The summed E-state index contributed by atoms with van der Waals surface area (Å²) in [4.78, 5) is 22.8. The highest BCUT2D eigenvalue weighted by molar-refractivity contribution is 5.90. The highest BCUT2D eigenvalue weighted by Crippen LogP contribution is 2.07. The van der Waals surface area contributed by atoms with Crippen LogP contribution in [0.25, 0.3) is 0 Å². The zero-order valence-corrected chi connectivity index (χ0v) is 17.0. The molecule has 0 N–H and O–H groups in total. The largest absolute Gasteiger partial charge is 0.462 e. The van der Waals surface area contributed by atoms with E-state index in [-0.39, 0.29) is 18.0 Å². The van der Waals surface area contributed by atoms with Gasteiger partial charge in [-0.1, -0.05) is 48.7 Å². The number of esters is 2. The fraction of sp³-hybridized carbons (Fsp3) is 0.391. The van der Waals surface area contributed by atoms with Crippen molar-refractivity contribution in [3.63, 3.8) is 0 Å². The lowest BCUT2D eigenvalue weighted by molar-refractivity contribution is 0.0377. The molecule has 0 saturated carbocycles. The minimum Gasteiger partial charge on any atom is -0.462 e. The van der Waals surface area contributed by atoms with Crippen molar-refractivity contribution in [1.29, 1.82) is 0 Å². The lowest BCUT2D eigenvalue weighted by atomic mass is 10.1. The average Bonchev–Trinajstić information content (AvgIpc) is 2.62. The quantitative estimate of drug-likeness (QED) is 0.497. The van der Waals surface area contributed by atoms with Crippen LogP contribution in [0.4, 0.5) is 0 Å². The van der Waals surface area contributed by atoms with Gasteiger partial charge in [0, 0.05) is 0 Å². The Kier molecular flexibility index (Phi) is 9.88. The molecule has 0 aliphatic rings. The first kappa shape index (κ1) is 22.4. The first-order chi connectivity index (χ1) is 12.8. The molecule has 0 radical (unpaired) electrons. The Labute approximate surface area is 162 Å². The molecule has 0 fully saturated rings. The molecule has 27 heavy (non-hydrogen) atoms. The molecule has 0 amide bonds. The molecule has 2 rings (SSSR count). The van der Waals surface area contributed by atoms with E-state index in [1.54, 1.807) is 12.1 Å². The molecule has 0 bridgehead atoms. The van der Waals surface area contributed by atoms with E-state index in [1.807, 2.05) is 64.1 Å². The molecular weight excluding hydrogens is 340 g/mol. The fourth-order valence-corrected chi connectivity index (χ4v) is 2.22. The molecule has 0 aliphatic heterocycles. The molecule has 4 nitrogen and oxygen atoms in total. The van der Waals surface area contributed by atoms with Crippen molar-refractivity contribution < 1.29 is 19.1 Å². The molecule has 2 aromatic rings. The van der Waals surface area contributed by atoms with Gasteiger partial charge in [-0.15, -0.1) is 0 Å². The fourth-order valence-electron chi connectivity index (χ4n) is 2.22. The van der Waals surface area contributed by atoms with Gasteiger partial charge in [-0.3, -0.25) is 0 Å². The predicted molar refractivity (Wildman–Crippen MR) is 108 cm³/mol. The third kappa shape index (κ3) is 9.04. The number of ether oxygens (including phenoxy) is 2. The van der Waals surface area contributed by atoms with Gasteiger partial charge in [0.25, 0.3) is 0 Å².